The van der Waals surface area contributed by atoms with E-state index in [0.29, 0.717) is 12.3 Å². The number of carbonyl (C=O) groups is 1. The molecule has 0 heterocycles. The van der Waals surface area contributed by atoms with Crippen molar-refractivity contribution in [3.63, 3.8) is 0 Å². The molecule has 0 aromatic heterocycles. The SMILES string of the molecule is CC(C)[C@H](N)CC(=O)N(C)CCc1ccccc1. The lowest BCUT2D eigenvalue weighted by molar-refractivity contribution is -0.130. The molecule has 1 aromatic carbocycles. The van der Waals surface area contributed by atoms with Crippen LogP contribution >= 0.6 is 0 Å². The first kappa shape index (κ1) is 14.7. The number of nitrogens with zero attached hydrogens (tertiary/aromatic N) is 1. The number of nitrogens with two attached hydrogens (primary N) is 1. The third-order valence-corrected chi connectivity index (χ3v) is 3.27. The number of likely N-dealkylation sites (N-methyl/N-ethyl adjacent to an activating group) is 1. The molecular weight excluding hydrogens is 224 g/mol. The average Bonchev–Trinajstić information content (AvgIpc) is 2.36. The predicted octanol–water partition coefficient (Wildman–Crippen LogP) is 2.06. The van der Waals surface area contributed by atoms with Gasteiger partial charge in [-0.3, -0.25) is 4.79 Å². The monoisotopic (exact) mass is 248 g/mol. The summed E-state index contributed by atoms with van der Waals surface area (Å²) in [5, 5.41) is 0. The van der Waals surface area contributed by atoms with Gasteiger partial charge in [-0.1, -0.05) is 44.2 Å². The van der Waals surface area contributed by atoms with Crippen molar-refractivity contribution in [3.05, 3.63) is 35.9 Å². The quantitative estimate of drug-likeness (QED) is 0.837. The van der Waals surface area contributed by atoms with E-state index in [1.807, 2.05) is 39.1 Å². The Kier molecular flexibility index (Phi) is 5.86. The van der Waals surface area contributed by atoms with Gasteiger partial charge in [-0.25, -0.2) is 0 Å². The number of benzene rings is 1. The van der Waals surface area contributed by atoms with Crippen LogP contribution in [-0.2, 0) is 11.2 Å². The summed E-state index contributed by atoms with van der Waals surface area (Å²) >= 11 is 0. The summed E-state index contributed by atoms with van der Waals surface area (Å²) in [4.78, 5) is 13.7. The summed E-state index contributed by atoms with van der Waals surface area (Å²) in [7, 11) is 1.85. The van der Waals surface area contributed by atoms with Crippen molar-refractivity contribution in [2.75, 3.05) is 13.6 Å². The number of rotatable bonds is 6. The van der Waals surface area contributed by atoms with Crippen LogP contribution in [0.15, 0.2) is 30.3 Å². The van der Waals surface area contributed by atoms with Crippen LogP contribution in [0.4, 0.5) is 0 Å². The number of hydrogen-bond donors (Lipinski definition) is 1. The molecule has 3 nitrogen and oxygen atoms in total. The van der Waals surface area contributed by atoms with Gasteiger partial charge >= 0.3 is 0 Å². The van der Waals surface area contributed by atoms with Gasteiger partial charge in [0, 0.05) is 26.1 Å². The summed E-state index contributed by atoms with van der Waals surface area (Å²) in [6, 6.07) is 10.2. The van der Waals surface area contributed by atoms with Gasteiger partial charge in [-0.15, -0.1) is 0 Å². The van der Waals surface area contributed by atoms with Crippen molar-refractivity contribution in [2.45, 2.75) is 32.7 Å². The lowest BCUT2D eigenvalue weighted by Crippen LogP contribution is -2.36. The molecule has 18 heavy (non-hydrogen) atoms. The van der Waals surface area contributed by atoms with Gasteiger partial charge in [0.1, 0.15) is 0 Å². The fraction of sp³-hybridized carbons (Fsp3) is 0.533. The maximum atomic E-state index is 11.9. The Balaban J connectivity index is 2.36. The summed E-state index contributed by atoms with van der Waals surface area (Å²) in [5.74, 6) is 0.476. The topological polar surface area (TPSA) is 46.3 Å². The minimum atomic E-state index is -0.0447. The van der Waals surface area contributed by atoms with Crippen LogP contribution in [0.2, 0.25) is 0 Å². The van der Waals surface area contributed by atoms with Crippen LogP contribution in [0.5, 0.6) is 0 Å². The highest BCUT2D eigenvalue weighted by atomic mass is 16.2. The predicted molar refractivity (Wildman–Crippen MR) is 75.2 cm³/mol. The van der Waals surface area contributed by atoms with Crippen molar-refractivity contribution in [1.29, 1.82) is 0 Å². The molecule has 0 aliphatic rings. The van der Waals surface area contributed by atoms with Crippen molar-refractivity contribution >= 4 is 5.91 Å². The van der Waals surface area contributed by atoms with Gasteiger partial charge in [0.15, 0.2) is 0 Å². The van der Waals surface area contributed by atoms with Crippen LogP contribution < -0.4 is 5.73 Å². The standard InChI is InChI=1S/C15H24N2O/c1-12(2)14(16)11-15(18)17(3)10-9-13-7-5-4-6-8-13/h4-8,12,14H,9-11,16H2,1-3H3/t14-/m1/s1. The Bertz CT molecular complexity index is 362. The van der Waals surface area contributed by atoms with E-state index in [2.05, 4.69) is 12.1 Å². The third-order valence-electron chi connectivity index (χ3n) is 3.27. The maximum absolute atomic E-state index is 11.9. The van der Waals surface area contributed by atoms with Crippen molar-refractivity contribution < 1.29 is 4.79 Å². The fourth-order valence-electron chi connectivity index (χ4n) is 1.66. The van der Waals surface area contributed by atoms with E-state index in [-0.39, 0.29) is 11.9 Å². The van der Waals surface area contributed by atoms with Gasteiger partial charge in [0.25, 0.3) is 0 Å². The highest BCUT2D eigenvalue weighted by Crippen LogP contribution is 2.06. The molecular formula is C15H24N2O. The molecule has 3 heteroatoms. The molecule has 0 fully saturated rings. The van der Waals surface area contributed by atoms with Crippen molar-refractivity contribution in [3.8, 4) is 0 Å². The first-order valence-electron chi connectivity index (χ1n) is 6.54. The maximum Gasteiger partial charge on any atom is 0.223 e. The number of carbonyl (C=O) groups excluding carboxylic acids is 1. The Labute approximate surface area is 110 Å². The van der Waals surface area contributed by atoms with E-state index < -0.39 is 0 Å². The molecule has 0 unspecified atom stereocenters. The smallest absolute Gasteiger partial charge is 0.223 e. The summed E-state index contributed by atoms with van der Waals surface area (Å²) < 4.78 is 0. The molecule has 0 aliphatic heterocycles. The second kappa shape index (κ2) is 7.17. The van der Waals surface area contributed by atoms with Gasteiger partial charge in [-0.2, -0.15) is 0 Å². The minimum absolute atomic E-state index is 0.0447. The molecule has 0 spiro atoms. The molecule has 0 aliphatic carbocycles. The molecule has 0 bridgehead atoms. The molecule has 0 saturated heterocycles. The summed E-state index contributed by atoms with van der Waals surface area (Å²) in [6.07, 6.45) is 1.32. The highest BCUT2D eigenvalue weighted by Gasteiger charge is 2.15. The Morgan fingerprint density at radius 3 is 2.44 bits per heavy atom. The first-order valence-corrected chi connectivity index (χ1v) is 6.54. The number of amides is 1. The molecule has 2 N–H and O–H groups in total. The third kappa shape index (κ3) is 4.88. The van der Waals surface area contributed by atoms with Crippen molar-refractivity contribution in [2.24, 2.45) is 11.7 Å². The van der Waals surface area contributed by atoms with Gasteiger partial charge in [0.2, 0.25) is 5.91 Å². The second-order valence-corrected chi connectivity index (χ2v) is 5.16. The van der Waals surface area contributed by atoms with Crippen LogP contribution in [-0.4, -0.2) is 30.4 Å². The second-order valence-electron chi connectivity index (χ2n) is 5.16. The van der Waals surface area contributed by atoms with E-state index in [0.717, 1.165) is 13.0 Å². The largest absolute Gasteiger partial charge is 0.345 e. The van der Waals surface area contributed by atoms with Gasteiger partial charge < -0.3 is 10.6 Å². The van der Waals surface area contributed by atoms with Crippen molar-refractivity contribution in [1.82, 2.24) is 4.90 Å². The molecule has 1 atom stereocenters. The van der Waals surface area contributed by atoms with Gasteiger partial charge in [-0.05, 0) is 17.9 Å². The van der Waals surface area contributed by atoms with Gasteiger partial charge in [0.05, 0.1) is 0 Å². The van der Waals surface area contributed by atoms with E-state index in [9.17, 15) is 4.79 Å². The summed E-state index contributed by atoms with van der Waals surface area (Å²) in [5.41, 5.74) is 7.17. The molecule has 0 saturated carbocycles. The molecule has 1 amide bonds. The fourth-order valence-corrected chi connectivity index (χ4v) is 1.66. The minimum Gasteiger partial charge on any atom is -0.345 e. The van der Waals surface area contributed by atoms with E-state index >= 15 is 0 Å². The number of hydrogen-bond acceptors (Lipinski definition) is 2. The first-order chi connectivity index (χ1) is 8.50. The van der Waals surface area contributed by atoms with E-state index in [4.69, 9.17) is 5.73 Å². The van der Waals surface area contributed by atoms with Crippen LogP contribution in [0.1, 0.15) is 25.8 Å². The zero-order chi connectivity index (χ0) is 13.5. The van der Waals surface area contributed by atoms with Crippen LogP contribution in [0, 0.1) is 5.92 Å². The van der Waals surface area contributed by atoms with E-state index in [1.54, 1.807) is 4.90 Å². The summed E-state index contributed by atoms with van der Waals surface area (Å²) in [6.45, 7) is 4.83. The van der Waals surface area contributed by atoms with Crippen LogP contribution in [0.3, 0.4) is 0 Å². The Hall–Kier alpha value is -1.35. The Morgan fingerprint density at radius 1 is 1.28 bits per heavy atom. The van der Waals surface area contributed by atoms with E-state index in [1.165, 1.54) is 5.56 Å². The lowest BCUT2D eigenvalue weighted by atomic mass is 10.0. The highest BCUT2D eigenvalue weighted by molar-refractivity contribution is 5.76. The average molecular weight is 248 g/mol. The zero-order valence-electron chi connectivity index (χ0n) is 11.6. The molecule has 1 aromatic rings. The zero-order valence-corrected chi connectivity index (χ0v) is 11.6. The molecule has 100 valence electrons. The Morgan fingerprint density at radius 2 is 1.89 bits per heavy atom. The molecule has 0 radical (unpaired) electrons. The normalized spacial score (nSPS) is 12.5. The lowest BCUT2D eigenvalue weighted by Gasteiger charge is -2.21. The van der Waals surface area contributed by atoms with Crippen LogP contribution in [0.25, 0.3) is 0 Å². The molecule has 1 rings (SSSR count).